The minimum atomic E-state index is -0.863. The Hall–Kier alpha value is -2.18. The van der Waals surface area contributed by atoms with Crippen LogP contribution in [0.5, 0.6) is 0 Å². The van der Waals surface area contributed by atoms with E-state index in [-0.39, 0.29) is 5.91 Å². The van der Waals surface area contributed by atoms with Gasteiger partial charge in [-0.05, 0) is 31.2 Å². The van der Waals surface area contributed by atoms with Gasteiger partial charge in [-0.25, -0.2) is 0 Å². The van der Waals surface area contributed by atoms with Crippen LogP contribution in [0.2, 0.25) is 4.34 Å². The summed E-state index contributed by atoms with van der Waals surface area (Å²) in [7, 11) is 1.64. The lowest BCUT2D eigenvalue weighted by atomic mass is 10.1. The molecule has 2 heterocycles. The average Bonchev–Trinajstić information content (AvgIpc) is 3.08. The van der Waals surface area contributed by atoms with Crippen LogP contribution in [-0.4, -0.2) is 40.6 Å². The third-order valence-corrected chi connectivity index (χ3v) is 5.18. The topological polar surface area (TPSA) is 57.7 Å². The zero-order chi connectivity index (χ0) is 17.4. The molecule has 1 aromatic heterocycles. The number of imide groups is 1. The van der Waals surface area contributed by atoms with Gasteiger partial charge in [-0.2, -0.15) is 0 Å². The number of benzene rings is 1. The SMILES string of the molecule is CC(C(=O)N(C)Cc1ccc(Cl)s1)N1C(=O)c2ccccc2C1=O. The second-order valence-electron chi connectivity index (χ2n) is 5.60. The smallest absolute Gasteiger partial charge is 0.262 e. The van der Waals surface area contributed by atoms with E-state index in [9.17, 15) is 14.4 Å². The number of likely N-dealkylation sites (N-methyl/N-ethyl adjacent to an activating group) is 1. The van der Waals surface area contributed by atoms with Gasteiger partial charge in [0.15, 0.2) is 0 Å². The molecule has 5 nitrogen and oxygen atoms in total. The Bertz CT molecular complexity index is 798. The molecule has 1 aliphatic heterocycles. The van der Waals surface area contributed by atoms with Crippen molar-refractivity contribution in [2.45, 2.75) is 19.5 Å². The van der Waals surface area contributed by atoms with Gasteiger partial charge in [0.2, 0.25) is 5.91 Å². The first-order valence-electron chi connectivity index (χ1n) is 7.36. The molecule has 2 aromatic rings. The van der Waals surface area contributed by atoms with E-state index in [2.05, 4.69) is 0 Å². The van der Waals surface area contributed by atoms with Gasteiger partial charge in [0.05, 0.1) is 22.0 Å². The monoisotopic (exact) mass is 362 g/mol. The molecule has 1 unspecified atom stereocenters. The molecule has 124 valence electrons. The Morgan fingerprint density at radius 3 is 2.25 bits per heavy atom. The highest BCUT2D eigenvalue weighted by Gasteiger charge is 2.41. The molecule has 0 fully saturated rings. The first kappa shape index (κ1) is 16.7. The quantitative estimate of drug-likeness (QED) is 0.785. The fourth-order valence-electron chi connectivity index (χ4n) is 2.74. The van der Waals surface area contributed by atoms with Crippen LogP contribution in [0.1, 0.15) is 32.5 Å². The first-order valence-corrected chi connectivity index (χ1v) is 8.55. The van der Waals surface area contributed by atoms with E-state index in [1.165, 1.54) is 16.2 Å². The summed E-state index contributed by atoms with van der Waals surface area (Å²) in [6, 6.07) is 9.36. The number of amides is 3. The molecule has 0 aliphatic carbocycles. The Kier molecular flexibility index (Phi) is 4.43. The van der Waals surface area contributed by atoms with Crippen molar-refractivity contribution >= 4 is 40.7 Å². The van der Waals surface area contributed by atoms with Crippen molar-refractivity contribution in [2.75, 3.05) is 7.05 Å². The number of halogens is 1. The van der Waals surface area contributed by atoms with Crippen molar-refractivity contribution in [1.82, 2.24) is 9.80 Å². The molecule has 3 rings (SSSR count). The second-order valence-corrected chi connectivity index (χ2v) is 7.40. The van der Waals surface area contributed by atoms with E-state index in [1.54, 1.807) is 44.3 Å². The lowest BCUT2D eigenvalue weighted by Crippen LogP contribution is -2.48. The normalized spacial score (nSPS) is 14.7. The van der Waals surface area contributed by atoms with Crippen LogP contribution in [-0.2, 0) is 11.3 Å². The highest BCUT2D eigenvalue weighted by Crippen LogP contribution is 2.26. The predicted octanol–water partition coefficient (Wildman–Crippen LogP) is 3.04. The highest BCUT2D eigenvalue weighted by molar-refractivity contribution is 7.16. The molecule has 24 heavy (non-hydrogen) atoms. The molecule has 1 aromatic carbocycles. The molecule has 0 saturated carbocycles. The maximum absolute atomic E-state index is 12.6. The molecule has 0 spiro atoms. The zero-order valence-corrected chi connectivity index (χ0v) is 14.7. The lowest BCUT2D eigenvalue weighted by Gasteiger charge is -2.26. The van der Waals surface area contributed by atoms with E-state index < -0.39 is 17.9 Å². The molecule has 1 aliphatic rings. The summed E-state index contributed by atoms with van der Waals surface area (Å²) in [6.45, 7) is 1.95. The number of hydrogen-bond donors (Lipinski definition) is 0. The number of hydrogen-bond acceptors (Lipinski definition) is 4. The number of carbonyl (C=O) groups excluding carboxylic acids is 3. The van der Waals surface area contributed by atoms with Gasteiger partial charge in [0.1, 0.15) is 6.04 Å². The maximum Gasteiger partial charge on any atom is 0.262 e. The highest BCUT2D eigenvalue weighted by atomic mass is 35.5. The maximum atomic E-state index is 12.6. The van der Waals surface area contributed by atoms with Gasteiger partial charge in [0, 0.05) is 11.9 Å². The number of carbonyl (C=O) groups is 3. The number of rotatable bonds is 4. The Balaban J connectivity index is 1.76. The third-order valence-electron chi connectivity index (χ3n) is 3.97. The van der Waals surface area contributed by atoms with E-state index in [1.807, 2.05) is 6.07 Å². The van der Waals surface area contributed by atoms with Crippen molar-refractivity contribution in [2.24, 2.45) is 0 Å². The van der Waals surface area contributed by atoms with Gasteiger partial charge in [0.25, 0.3) is 11.8 Å². The molecular formula is C17H15ClN2O3S. The predicted molar refractivity (Wildman–Crippen MR) is 92.2 cm³/mol. The van der Waals surface area contributed by atoms with Gasteiger partial charge in [-0.3, -0.25) is 19.3 Å². The van der Waals surface area contributed by atoms with Crippen molar-refractivity contribution < 1.29 is 14.4 Å². The van der Waals surface area contributed by atoms with Crippen molar-refractivity contribution in [3.8, 4) is 0 Å². The summed E-state index contributed by atoms with van der Waals surface area (Å²) in [6.07, 6.45) is 0. The Morgan fingerprint density at radius 2 is 1.75 bits per heavy atom. The molecule has 0 radical (unpaired) electrons. The fourth-order valence-corrected chi connectivity index (χ4v) is 3.88. The van der Waals surface area contributed by atoms with Crippen LogP contribution in [0.4, 0.5) is 0 Å². The molecule has 1 atom stereocenters. The molecule has 0 bridgehead atoms. The largest absolute Gasteiger partial charge is 0.339 e. The molecule has 0 N–H and O–H groups in total. The van der Waals surface area contributed by atoms with Crippen molar-refractivity contribution in [3.63, 3.8) is 0 Å². The minimum absolute atomic E-state index is 0.297. The van der Waals surface area contributed by atoms with Gasteiger partial charge < -0.3 is 4.90 Å². The summed E-state index contributed by atoms with van der Waals surface area (Å²) in [4.78, 5) is 41.0. The Morgan fingerprint density at radius 1 is 1.17 bits per heavy atom. The third kappa shape index (κ3) is 2.83. The van der Waals surface area contributed by atoms with Crippen LogP contribution >= 0.6 is 22.9 Å². The standard InChI is InChI=1S/C17H15ClN2O3S/c1-10(15(21)19(2)9-11-7-8-14(18)24-11)20-16(22)12-5-3-4-6-13(12)17(20)23/h3-8,10H,9H2,1-2H3. The Labute approximate surface area is 148 Å². The van der Waals surface area contributed by atoms with Crippen LogP contribution in [0.15, 0.2) is 36.4 Å². The van der Waals surface area contributed by atoms with Gasteiger partial charge in [-0.15, -0.1) is 11.3 Å². The summed E-state index contributed by atoms with van der Waals surface area (Å²) in [5.41, 5.74) is 0.685. The van der Waals surface area contributed by atoms with E-state index in [0.29, 0.717) is 22.0 Å². The first-order chi connectivity index (χ1) is 11.4. The summed E-state index contributed by atoms with van der Waals surface area (Å²) >= 11 is 7.29. The van der Waals surface area contributed by atoms with Crippen LogP contribution in [0, 0.1) is 0 Å². The zero-order valence-electron chi connectivity index (χ0n) is 13.2. The molecule has 3 amide bonds. The fraction of sp³-hybridized carbons (Fsp3) is 0.235. The van der Waals surface area contributed by atoms with Crippen molar-refractivity contribution in [1.29, 1.82) is 0 Å². The van der Waals surface area contributed by atoms with E-state index in [4.69, 9.17) is 11.6 Å². The number of nitrogens with zero attached hydrogens (tertiary/aromatic N) is 2. The summed E-state index contributed by atoms with van der Waals surface area (Å²) in [5.74, 6) is -1.15. The number of fused-ring (bicyclic) bond motifs is 1. The van der Waals surface area contributed by atoms with Crippen LogP contribution in [0.3, 0.4) is 0 Å². The molecule has 0 saturated heterocycles. The van der Waals surface area contributed by atoms with E-state index >= 15 is 0 Å². The van der Waals surface area contributed by atoms with Crippen LogP contribution < -0.4 is 0 Å². The van der Waals surface area contributed by atoms with Gasteiger partial charge in [-0.1, -0.05) is 23.7 Å². The molecular weight excluding hydrogens is 348 g/mol. The lowest BCUT2D eigenvalue weighted by molar-refractivity contribution is -0.134. The minimum Gasteiger partial charge on any atom is -0.339 e. The van der Waals surface area contributed by atoms with Gasteiger partial charge >= 0.3 is 0 Å². The summed E-state index contributed by atoms with van der Waals surface area (Å²) in [5, 5.41) is 0. The second kappa shape index (κ2) is 6.37. The number of thiophene rings is 1. The summed E-state index contributed by atoms with van der Waals surface area (Å²) < 4.78 is 0.652. The van der Waals surface area contributed by atoms with E-state index in [0.717, 1.165) is 9.78 Å². The molecule has 7 heteroatoms. The van der Waals surface area contributed by atoms with Crippen molar-refractivity contribution in [3.05, 3.63) is 56.7 Å². The average molecular weight is 363 g/mol. The van der Waals surface area contributed by atoms with Crippen LogP contribution in [0.25, 0.3) is 0 Å².